The van der Waals surface area contributed by atoms with Crippen molar-refractivity contribution in [3.8, 4) is 6.07 Å². The first kappa shape index (κ1) is 14.7. The average Bonchev–Trinajstić information content (AvgIpc) is 2.92. The molecule has 0 bridgehead atoms. The number of nitrogens with zero attached hydrogens (tertiary/aromatic N) is 2. The van der Waals surface area contributed by atoms with Gasteiger partial charge in [-0.3, -0.25) is 0 Å². The van der Waals surface area contributed by atoms with Gasteiger partial charge < -0.3 is 0 Å². The number of hydrogen-bond donors (Lipinski definition) is 1. The van der Waals surface area contributed by atoms with Crippen LogP contribution in [0.3, 0.4) is 0 Å². The van der Waals surface area contributed by atoms with Crippen LogP contribution in [0, 0.1) is 11.3 Å². The monoisotopic (exact) mass is 307 g/mol. The molecule has 2 rings (SSSR count). The van der Waals surface area contributed by atoms with Crippen molar-refractivity contribution in [2.24, 2.45) is 0 Å². The molecule has 0 saturated carbocycles. The molecule has 0 aliphatic heterocycles. The van der Waals surface area contributed by atoms with Crippen LogP contribution in [-0.4, -0.2) is 19.9 Å². The van der Waals surface area contributed by atoms with Crippen LogP contribution in [0.4, 0.5) is 0 Å². The lowest BCUT2D eigenvalue weighted by Gasteiger charge is -2.06. The molecule has 0 saturated heterocycles. The Morgan fingerprint density at radius 2 is 2.05 bits per heavy atom. The summed E-state index contributed by atoms with van der Waals surface area (Å²) in [7, 11) is -3.36. The third-order valence-electron chi connectivity index (χ3n) is 2.58. The van der Waals surface area contributed by atoms with E-state index < -0.39 is 10.0 Å². The van der Waals surface area contributed by atoms with Gasteiger partial charge in [0.05, 0.1) is 22.4 Å². The van der Waals surface area contributed by atoms with Crippen molar-refractivity contribution in [1.29, 1.82) is 5.26 Å². The molecule has 1 N–H and O–H groups in total. The quantitative estimate of drug-likeness (QED) is 0.880. The van der Waals surface area contributed by atoms with E-state index in [1.807, 2.05) is 11.4 Å². The number of hydrogen-bond acceptors (Lipinski definition) is 5. The van der Waals surface area contributed by atoms with Gasteiger partial charge >= 0.3 is 0 Å². The van der Waals surface area contributed by atoms with E-state index in [-0.39, 0.29) is 5.75 Å². The van der Waals surface area contributed by atoms with Gasteiger partial charge in [0.2, 0.25) is 10.0 Å². The zero-order valence-corrected chi connectivity index (χ0v) is 12.2. The molecular weight excluding hydrogens is 294 g/mol. The Morgan fingerprint density at radius 3 is 2.65 bits per heavy atom. The summed E-state index contributed by atoms with van der Waals surface area (Å²) in [4.78, 5) is 4.09. The third-order valence-corrected chi connectivity index (χ3v) is 4.78. The van der Waals surface area contributed by atoms with Gasteiger partial charge in [-0.15, -0.1) is 11.3 Å². The molecule has 0 amide bonds. The molecule has 0 unspecified atom stereocenters. The van der Waals surface area contributed by atoms with Gasteiger partial charge in [-0.25, -0.2) is 18.1 Å². The van der Waals surface area contributed by atoms with Gasteiger partial charge in [-0.1, -0.05) is 12.1 Å². The first-order valence-electron chi connectivity index (χ1n) is 5.94. The summed E-state index contributed by atoms with van der Waals surface area (Å²) in [6.45, 7) is 0.339. The number of thiazole rings is 1. The molecule has 5 nitrogen and oxygen atoms in total. The highest BCUT2D eigenvalue weighted by Gasteiger charge is 2.11. The number of aromatic nitrogens is 1. The molecule has 0 atom stereocenters. The van der Waals surface area contributed by atoms with Crippen molar-refractivity contribution in [3.05, 3.63) is 52.0 Å². The summed E-state index contributed by atoms with van der Waals surface area (Å²) in [6.07, 6.45) is 2.29. The Kier molecular flexibility index (Phi) is 4.84. The second-order valence-corrected chi connectivity index (χ2v) is 6.92. The van der Waals surface area contributed by atoms with Crippen LogP contribution < -0.4 is 4.72 Å². The summed E-state index contributed by atoms with van der Waals surface area (Å²) in [5, 5.41) is 11.5. The van der Waals surface area contributed by atoms with E-state index in [1.54, 1.807) is 30.5 Å². The van der Waals surface area contributed by atoms with Crippen molar-refractivity contribution in [2.45, 2.75) is 12.2 Å². The number of benzene rings is 1. The normalized spacial score (nSPS) is 11.2. The van der Waals surface area contributed by atoms with Crippen LogP contribution in [-0.2, 0) is 22.2 Å². The minimum Gasteiger partial charge on any atom is -0.250 e. The van der Waals surface area contributed by atoms with Crippen molar-refractivity contribution in [1.82, 2.24) is 9.71 Å². The summed E-state index contributed by atoms with van der Waals surface area (Å²) in [5.41, 5.74) is 1.17. The third kappa shape index (κ3) is 4.42. The van der Waals surface area contributed by atoms with E-state index >= 15 is 0 Å². The van der Waals surface area contributed by atoms with E-state index in [9.17, 15) is 8.42 Å². The molecule has 0 fully saturated rings. The van der Waals surface area contributed by atoms with E-state index in [4.69, 9.17) is 5.26 Å². The van der Waals surface area contributed by atoms with Crippen LogP contribution in [0.1, 0.15) is 16.1 Å². The van der Waals surface area contributed by atoms with Gasteiger partial charge in [0, 0.05) is 24.5 Å². The van der Waals surface area contributed by atoms with Crippen LogP contribution in [0.2, 0.25) is 0 Å². The molecule has 0 spiro atoms. The fourth-order valence-electron chi connectivity index (χ4n) is 1.64. The molecule has 0 radical (unpaired) electrons. The number of rotatable bonds is 6. The molecule has 7 heteroatoms. The topological polar surface area (TPSA) is 82.8 Å². The Morgan fingerprint density at radius 1 is 1.30 bits per heavy atom. The van der Waals surface area contributed by atoms with Crippen LogP contribution >= 0.6 is 11.3 Å². The lowest BCUT2D eigenvalue weighted by atomic mass is 10.2. The molecule has 2 aromatic rings. The molecule has 0 aliphatic rings. The fraction of sp³-hybridized carbons (Fsp3) is 0.231. The highest BCUT2D eigenvalue weighted by Crippen LogP contribution is 2.08. The Labute approximate surface area is 122 Å². The first-order valence-corrected chi connectivity index (χ1v) is 8.47. The van der Waals surface area contributed by atoms with E-state index in [0.717, 1.165) is 5.01 Å². The van der Waals surface area contributed by atoms with Crippen LogP contribution in [0.5, 0.6) is 0 Å². The number of nitriles is 1. The fourth-order valence-corrected chi connectivity index (χ4v) is 3.40. The minimum atomic E-state index is -3.36. The van der Waals surface area contributed by atoms with Crippen molar-refractivity contribution >= 4 is 21.4 Å². The zero-order chi connectivity index (χ0) is 14.4. The van der Waals surface area contributed by atoms with Gasteiger partial charge in [0.15, 0.2) is 0 Å². The molecule has 20 heavy (non-hydrogen) atoms. The van der Waals surface area contributed by atoms with E-state index in [1.165, 1.54) is 11.3 Å². The highest BCUT2D eigenvalue weighted by molar-refractivity contribution is 7.88. The Hall–Kier alpha value is -1.75. The van der Waals surface area contributed by atoms with Crippen molar-refractivity contribution in [2.75, 3.05) is 6.54 Å². The van der Waals surface area contributed by atoms with Gasteiger partial charge in [-0.05, 0) is 17.7 Å². The smallest absolute Gasteiger partial charge is 0.215 e. The zero-order valence-electron chi connectivity index (χ0n) is 10.6. The average molecular weight is 307 g/mol. The summed E-state index contributed by atoms with van der Waals surface area (Å²) in [5.74, 6) is -0.0867. The van der Waals surface area contributed by atoms with Crippen LogP contribution in [0.15, 0.2) is 35.8 Å². The van der Waals surface area contributed by atoms with E-state index in [2.05, 4.69) is 9.71 Å². The lowest BCUT2D eigenvalue weighted by Crippen LogP contribution is -2.27. The second kappa shape index (κ2) is 6.61. The maximum Gasteiger partial charge on any atom is 0.215 e. The summed E-state index contributed by atoms with van der Waals surface area (Å²) >= 11 is 1.51. The SMILES string of the molecule is N#Cc1ccc(CS(=O)(=O)NCCc2nccs2)cc1. The number of sulfonamides is 1. The summed E-state index contributed by atoms with van der Waals surface area (Å²) < 4.78 is 26.3. The Balaban J connectivity index is 1.88. The predicted molar refractivity (Wildman–Crippen MR) is 77.6 cm³/mol. The van der Waals surface area contributed by atoms with Crippen molar-refractivity contribution < 1.29 is 8.42 Å². The maximum absolute atomic E-state index is 11.9. The minimum absolute atomic E-state index is 0.0867. The number of nitrogens with one attached hydrogen (secondary N) is 1. The second-order valence-electron chi connectivity index (χ2n) is 4.14. The standard InChI is InChI=1S/C13H13N3O2S2/c14-9-11-1-3-12(4-2-11)10-20(17,18)16-6-5-13-15-7-8-19-13/h1-4,7-8,16H,5-6,10H2. The van der Waals surface area contributed by atoms with Crippen molar-refractivity contribution in [3.63, 3.8) is 0 Å². The molecule has 1 aromatic carbocycles. The van der Waals surface area contributed by atoms with Gasteiger partial charge in [0.25, 0.3) is 0 Å². The molecule has 1 aromatic heterocycles. The molecule has 104 valence electrons. The van der Waals surface area contributed by atoms with E-state index in [0.29, 0.717) is 24.1 Å². The van der Waals surface area contributed by atoms with Crippen LogP contribution in [0.25, 0.3) is 0 Å². The maximum atomic E-state index is 11.9. The largest absolute Gasteiger partial charge is 0.250 e. The highest BCUT2D eigenvalue weighted by atomic mass is 32.2. The predicted octanol–water partition coefficient (Wildman–Crippen LogP) is 1.68. The molecular formula is C13H13N3O2S2. The van der Waals surface area contributed by atoms with Gasteiger partial charge in [-0.2, -0.15) is 5.26 Å². The lowest BCUT2D eigenvalue weighted by molar-refractivity contribution is 0.580. The first-order chi connectivity index (χ1) is 9.59. The van der Waals surface area contributed by atoms with Gasteiger partial charge in [0.1, 0.15) is 0 Å². The molecule has 0 aliphatic carbocycles. The molecule has 1 heterocycles. The Bertz CT molecular complexity index is 686. The summed E-state index contributed by atoms with van der Waals surface area (Å²) in [6, 6.07) is 8.52.